The predicted molar refractivity (Wildman–Crippen MR) is 106 cm³/mol. The first-order valence-corrected chi connectivity index (χ1v) is 9.55. The maximum absolute atomic E-state index is 5.63. The van der Waals surface area contributed by atoms with Gasteiger partial charge in [-0.1, -0.05) is 24.3 Å². The zero-order chi connectivity index (χ0) is 19.3. The van der Waals surface area contributed by atoms with Crippen molar-refractivity contribution < 1.29 is 9.47 Å². The number of benzene rings is 1. The van der Waals surface area contributed by atoms with Crippen molar-refractivity contribution in [2.24, 2.45) is 0 Å². The molecule has 28 heavy (non-hydrogen) atoms. The van der Waals surface area contributed by atoms with Crippen molar-refractivity contribution >= 4 is 11.6 Å². The molecule has 2 aromatic heterocycles. The Labute approximate surface area is 164 Å². The second-order valence-corrected chi connectivity index (χ2v) is 7.13. The van der Waals surface area contributed by atoms with Crippen LogP contribution in [0.2, 0.25) is 0 Å². The molecule has 1 unspecified atom stereocenters. The largest absolute Gasteiger partial charge is 0.378 e. The Morgan fingerprint density at radius 2 is 2.18 bits per heavy atom. The highest BCUT2D eigenvalue weighted by Crippen LogP contribution is 2.15. The number of ether oxygens (including phenoxy) is 2. The van der Waals surface area contributed by atoms with Gasteiger partial charge < -0.3 is 14.8 Å². The molecule has 0 radical (unpaired) electrons. The molecule has 8 nitrogen and oxygen atoms in total. The molecule has 1 aliphatic heterocycles. The third-order valence-corrected chi connectivity index (χ3v) is 4.79. The standard InChI is InChI=1S/C20H26N6O2/c1-15-11-25(6-7-28-15)12-17-5-3-4-16(8-17)10-21-19-9-18(13-27-2)24-20-22-14-23-26(19)20/h3-5,8-9,14-15,21H,6-7,10-13H2,1-2H3. The zero-order valence-electron chi connectivity index (χ0n) is 16.3. The monoisotopic (exact) mass is 382 g/mol. The van der Waals surface area contributed by atoms with Gasteiger partial charge in [0.15, 0.2) is 0 Å². The molecule has 1 fully saturated rings. The van der Waals surface area contributed by atoms with Gasteiger partial charge in [-0.05, 0) is 18.1 Å². The molecule has 0 spiro atoms. The second kappa shape index (κ2) is 8.64. The second-order valence-electron chi connectivity index (χ2n) is 7.13. The van der Waals surface area contributed by atoms with Gasteiger partial charge in [-0.15, -0.1) is 0 Å². The Morgan fingerprint density at radius 3 is 3.04 bits per heavy atom. The summed E-state index contributed by atoms with van der Waals surface area (Å²) in [6.45, 7) is 6.97. The summed E-state index contributed by atoms with van der Waals surface area (Å²) in [6.07, 6.45) is 1.81. The summed E-state index contributed by atoms with van der Waals surface area (Å²) < 4.78 is 12.5. The van der Waals surface area contributed by atoms with Gasteiger partial charge in [0.25, 0.3) is 5.78 Å². The van der Waals surface area contributed by atoms with Crippen molar-refractivity contribution in [1.82, 2.24) is 24.5 Å². The van der Waals surface area contributed by atoms with E-state index in [0.717, 1.165) is 37.8 Å². The lowest BCUT2D eigenvalue weighted by Gasteiger charge is -2.31. The average Bonchev–Trinajstić information content (AvgIpc) is 3.15. The van der Waals surface area contributed by atoms with Crippen LogP contribution in [0.4, 0.5) is 5.82 Å². The van der Waals surface area contributed by atoms with Crippen LogP contribution in [0.25, 0.3) is 5.78 Å². The number of methoxy groups -OCH3 is 1. The highest BCUT2D eigenvalue weighted by molar-refractivity contribution is 5.45. The van der Waals surface area contributed by atoms with Crippen LogP contribution < -0.4 is 5.32 Å². The molecule has 1 N–H and O–H groups in total. The number of fused-ring (bicyclic) bond motifs is 1. The molecule has 1 saturated heterocycles. The SMILES string of the molecule is COCc1cc(NCc2cccc(CN3CCOC(C)C3)c2)n2ncnc2n1. The highest BCUT2D eigenvalue weighted by Gasteiger charge is 2.16. The van der Waals surface area contributed by atoms with Gasteiger partial charge in [-0.25, -0.2) is 4.98 Å². The summed E-state index contributed by atoms with van der Waals surface area (Å²) in [7, 11) is 1.66. The number of anilines is 1. The number of nitrogens with one attached hydrogen (secondary N) is 1. The zero-order valence-corrected chi connectivity index (χ0v) is 16.3. The van der Waals surface area contributed by atoms with Gasteiger partial charge in [-0.2, -0.15) is 14.6 Å². The maximum Gasteiger partial charge on any atom is 0.254 e. The molecule has 3 aromatic rings. The lowest BCUT2D eigenvalue weighted by atomic mass is 10.1. The highest BCUT2D eigenvalue weighted by atomic mass is 16.5. The lowest BCUT2D eigenvalue weighted by molar-refractivity contribution is -0.0212. The van der Waals surface area contributed by atoms with Crippen LogP contribution in [0.1, 0.15) is 23.7 Å². The number of rotatable bonds is 7. The fourth-order valence-corrected chi connectivity index (χ4v) is 3.53. The minimum Gasteiger partial charge on any atom is -0.378 e. The Morgan fingerprint density at radius 1 is 1.29 bits per heavy atom. The topological polar surface area (TPSA) is 76.8 Å². The normalized spacial score (nSPS) is 17.9. The van der Waals surface area contributed by atoms with E-state index in [1.165, 1.54) is 17.5 Å². The van der Waals surface area contributed by atoms with Crippen molar-refractivity contribution in [2.75, 3.05) is 32.1 Å². The van der Waals surface area contributed by atoms with E-state index < -0.39 is 0 Å². The summed E-state index contributed by atoms with van der Waals surface area (Å²) in [5.41, 5.74) is 3.35. The van der Waals surface area contributed by atoms with Gasteiger partial charge in [0.05, 0.1) is 25.0 Å². The van der Waals surface area contributed by atoms with Crippen LogP contribution in [0.15, 0.2) is 36.7 Å². The molecule has 3 heterocycles. The molecular weight excluding hydrogens is 356 g/mol. The summed E-state index contributed by atoms with van der Waals surface area (Å²) in [5.74, 6) is 1.41. The number of aromatic nitrogens is 4. The first-order chi connectivity index (χ1) is 13.7. The van der Waals surface area contributed by atoms with Crippen LogP contribution in [0.5, 0.6) is 0 Å². The van der Waals surface area contributed by atoms with Gasteiger partial charge in [0, 0.05) is 39.4 Å². The van der Waals surface area contributed by atoms with E-state index in [4.69, 9.17) is 9.47 Å². The Hall–Kier alpha value is -2.55. The summed E-state index contributed by atoms with van der Waals surface area (Å²) >= 11 is 0. The Kier molecular flexibility index (Phi) is 5.80. The molecule has 0 saturated carbocycles. The molecule has 148 valence electrons. The van der Waals surface area contributed by atoms with Gasteiger partial charge in [0.1, 0.15) is 12.1 Å². The van der Waals surface area contributed by atoms with Crippen molar-refractivity contribution in [2.45, 2.75) is 32.7 Å². The van der Waals surface area contributed by atoms with E-state index in [1.807, 2.05) is 6.07 Å². The third kappa shape index (κ3) is 4.46. The first kappa shape index (κ1) is 18.8. The number of nitrogens with zero attached hydrogens (tertiary/aromatic N) is 5. The van der Waals surface area contributed by atoms with Crippen LogP contribution in [0, 0.1) is 0 Å². The van der Waals surface area contributed by atoms with Gasteiger partial charge in [-0.3, -0.25) is 4.90 Å². The van der Waals surface area contributed by atoms with Gasteiger partial charge in [0.2, 0.25) is 0 Å². The fraction of sp³-hybridized carbons (Fsp3) is 0.450. The molecule has 8 heteroatoms. The number of morpholine rings is 1. The van der Waals surface area contributed by atoms with E-state index in [9.17, 15) is 0 Å². The Bertz CT molecular complexity index is 928. The molecule has 1 aliphatic rings. The quantitative estimate of drug-likeness (QED) is 0.670. The van der Waals surface area contributed by atoms with E-state index in [0.29, 0.717) is 25.0 Å². The molecule has 0 amide bonds. The van der Waals surface area contributed by atoms with Crippen molar-refractivity contribution in [3.8, 4) is 0 Å². The summed E-state index contributed by atoms with van der Waals surface area (Å²) in [5, 5.41) is 7.71. The fourth-order valence-electron chi connectivity index (χ4n) is 3.53. The molecular formula is C20H26N6O2. The van der Waals surface area contributed by atoms with Crippen LogP contribution in [-0.4, -0.2) is 57.4 Å². The van der Waals surface area contributed by atoms with E-state index in [-0.39, 0.29) is 0 Å². The molecule has 1 atom stereocenters. The molecule has 4 rings (SSSR count). The van der Waals surface area contributed by atoms with E-state index >= 15 is 0 Å². The minimum atomic E-state index is 0.302. The van der Waals surface area contributed by atoms with Crippen LogP contribution in [-0.2, 0) is 29.2 Å². The first-order valence-electron chi connectivity index (χ1n) is 9.55. The van der Waals surface area contributed by atoms with Crippen molar-refractivity contribution in [1.29, 1.82) is 0 Å². The lowest BCUT2D eigenvalue weighted by Crippen LogP contribution is -2.40. The predicted octanol–water partition coefficient (Wildman–Crippen LogP) is 2.10. The summed E-state index contributed by atoms with van der Waals surface area (Å²) in [6, 6.07) is 10.6. The third-order valence-electron chi connectivity index (χ3n) is 4.79. The smallest absolute Gasteiger partial charge is 0.254 e. The van der Waals surface area contributed by atoms with Crippen molar-refractivity contribution in [3.05, 3.63) is 53.5 Å². The van der Waals surface area contributed by atoms with Crippen LogP contribution >= 0.6 is 0 Å². The Balaban J connectivity index is 1.45. The average molecular weight is 382 g/mol. The van der Waals surface area contributed by atoms with E-state index in [1.54, 1.807) is 11.6 Å². The van der Waals surface area contributed by atoms with Gasteiger partial charge >= 0.3 is 0 Å². The number of hydrogen-bond donors (Lipinski definition) is 1. The van der Waals surface area contributed by atoms with Crippen molar-refractivity contribution in [3.63, 3.8) is 0 Å². The van der Waals surface area contributed by atoms with E-state index in [2.05, 4.69) is 56.5 Å². The summed E-state index contributed by atoms with van der Waals surface area (Å²) in [4.78, 5) is 11.1. The minimum absolute atomic E-state index is 0.302. The van der Waals surface area contributed by atoms with Crippen LogP contribution in [0.3, 0.4) is 0 Å². The molecule has 1 aromatic carbocycles. The number of hydrogen-bond acceptors (Lipinski definition) is 7. The molecule has 0 bridgehead atoms. The molecule has 0 aliphatic carbocycles. The maximum atomic E-state index is 5.63.